The maximum absolute atomic E-state index is 12.5. The number of hydrogen-bond donors (Lipinski definition) is 3. The smallest absolute Gasteiger partial charge is 0.412 e. The summed E-state index contributed by atoms with van der Waals surface area (Å²) < 4.78 is 16.9. The first-order valence-corrected chi connectivity index (χ1v) is 9.68. The van der Waals surface area contributed by atoms with Gasteiger partial charge in [-0.05, 0) is 52.9 Å². The van der Waals surface area contributed by atoms with E-state index in [9.17, 15) is 14.7 Å². The van der Waals surface area contributed by atoms with Gasteiger partial charge in [0.2, 0.25) is 6.79 Å². The fourth-order valence-electron chi connectivity index (χ4n) is 2.78. The molecule has 9 heteroatoms. The van der Waals surface area contributed by atoms with Gasteiger partial charge in [0.25, 0.3) is 0 Å². The molecule has 8 nitrogen and oxygen atoms in total. The van der Waals surface area contributed by atoms with E-state index >= 15 is 0 Å². The zero-order chi connectivity index (χ0) is 21.0. The number of carbonyl (C=O) groups is 2. The van der Waals surface area contributed by atoms with Crippen molar-refractivity contribution in [2.75, 3.05) is 12.1 Å². The molecule has 0 radical (unpaired) electrons. The number of amides is 1. The first kappa shape index (κ1) is 20.8. The lowest BCUT2D eigenvalue weighted by Crippen LogP contribution is -2.21. The highest BCUT2D eigenvalue weighted by Gasteiger charge is 2.26. The Balaban J connectivity index is 1.81. The predicted octanol–water partition coefficient (Wildman–Crippen LogP) is 4.29. The number of phenols is 1. The summed E-state index contributed by atoms with van der Waals surface area (Å²) in [5.74, 6) is -0.600. The van der Waals surface area contributed by atoms with Crippen LogP contribution >= 0.6 is 22.6 Å². The summed E-state index contributed by atoms with van der Waals surface area (Å²) in [6, 6.07) is 9.80. The molecule has 152 valence electrons. The Labute approximate surface area is 180 Å². The molecule has 0 fully saturated rings. The summed E-state index contributed by atoms with van der Waals surface area (Å²) in [5.41, 5.74) is 0.818. The van der Waals surface area contributed by atoms with Crippen LogP contribution in [0.4, 0.5) is 10.5 Å². The number of fused-ring (bicyclic) bond motifs is 1. The van der Waals surface area contributed by atoms with Crippen LogP contribution in [-0.4, -0.2) is 29.1 Å². The molecule has 0 aliphatic carbocycles. The van der Waals surface area contributed by atoms with Crippen molar-refractivity contribution in [1.29, 1.82) is 0 Å². The first-order chi connectivity index (χ1) is 13.8. The monoisotopic (exact) mass is 511 g/mol. The highest BCUT2D eigenvalue weighted by molar-refractivity contribution is 14.1. The zero-order valence-corrected chi connectivity index (χ0v) is 17.5. The van der Waals surface area contributed by atoms with Crippen LogP contribution < -0.4 is 14.8 Å². The molecule has 0 saturated carbocycles. The third kappa shape index (κ3) is 5.31. The zero-order valence-electron chi connectivity index (χ0n) is 15.3. The van der Waals surface area contributed by atoms with E-state index in [-0.39, 0.29) is 12.5 Å². The van der Waals surface area contributed by atoms with Crippen molar-refractivity contribution >= 4 is 40.3 Å². The lowest BCUT2D eigenvalue weighted by molar-refractivity contribution is -0.131. The molecule has 3 rings (SSSR count). The molecule has 0 saturated heterocycles. The van der Waals surface area contributed by atoms with Crippen LogP contribution in [0, 0.1) is 9.49 Å². The number of carboxylic acids is 1. The Morgan fingerprint density at radius 2 is 1.97 bits per heavy atom. The number of carbonyl (C=O) groups excluding carboxylic acids is 1. The van der Waals surface area contributed by atoms with Crippen LogP contribution in [0.1, 0.15) is 18.6 Å². The summed E-state index contributed by atoms with van der Waals surface area (Å²) >= 11 is 2.07. The Morgan fingerprint density at radius 1 is 1.21 bits per heavy atom. The van der Waals surface area contributed by atoms with Crippen LogP contribution in [0.3, 0.4) is 0 Å². The molecule has 1 aliphatic heterocycles. The second-order valence-corrected chi connectivity index (χ2v) is 7.52. The molecule has 29 heavy (non-hydrogen) atoms. The normalized spacial score (nSPS) is 14.4. The van der Waals surface area contributed by atoms with Crippen molar-refractivity contribution in [3.63, 3.8) is 0 Å². The van der Waals surface area contributed by atoms with E-state index in [2.05, 4.69) is 27.9 Å². The number of aliphatic carboxylic acids is 1. The minimum Gasteiger partial charge on any atom is -0.508 e. The molecule has 1 aliphatic rings. The van der Waals surface area contributed by atoms with Gasteiger partial charge in [-0.1, -0.05) is 13.0 Å². The second-order valence-electron chi connectivity index (χ2n) is 6.28. The topological polar surface area (TPSA) is 114 Å². The molecule has 1 heterocycles. The number of halogens is 1. The Kier molecular flexibility index (Phi) is 6.47. The second kappa shape index (κ2) is 9.03. The number of anilines is 1. The SMILES string of the molecule is C[C@@H](/C=C/C(=O)O)[C@H](OC(=O)Nc1ccc2c(c1)OCO2)c1cc(I)ccc1O. The Hall–Kier alpha value is -2.95. The third-order valence-corrected chi connectivity index (χ3v) is 4.84. The number of aromatic hydroxyl groups is 1. The van der Waals surface area contributed by atoms with Gasteiger partial charge < -0.3 is 24.4 Å². The van der Waals surface area contributed by atoms with Crippen molar-refractivity contribution in [2.24, 2.45) is 5.92 Å². The predicted molar refractivity (Wildman–Crippen MR) is 112 cm³/mol. The average Bonchev–Trinajstić information content (AvgIpc) is 3.14. The van der Waals surface area contributed by atoms with Gasteiger partial charge in [0.15, 0.2) is 11.5 Å². The number of benzene rings is 2. The van der Waals surface area contributed by atoms with E-state index in [0.717, 1.165) is 9.65 Å². The number of rotatable bonds is 6. The fraction of sp³-hybridized carbons (Fsp3) is 0.200. The van der Waals surface area contributed by atoms with Gasteiger partial charge in [0.05, 0.1) is 0 Å². The van der Waals surface area contributed by atoms with E-state index in [1.54, 1.807) is 37.3 Å². The molecule has 1 amide bonds. The van der Waals surface area contributed by atoms with Crippen molar-refractivity contribution in [1.82, 2.24) is 0 Å². The molecular weight excluding hydrogens is 493 g/mol. The summed E-state index contributed by atoms with van der Waals surface area (Å²) in [7, 11) is 0. The van der Waals surface area contributed by atoms with Crippen LogP contribution in [-0.2, 0) is 9.53 Å². The number of hydrogen-bond acceptors (Lipinski definition) is 6. The summed E-state index contributed by atoms with van der Waals surface area (Å²) in [6.45, 7) is 1.81. The summed E-state index contributed by atoms with van der Waals surface area (Å²) in [6.07, 6.45) is 0.707. The van der Waals surface area contributed by atoms with Crippen LogP contribution in [0.25, 0.3) is 0 Å². The van der Waals surface area contributed by atoms with Crippen LogP contribution in [0.2, 0.25) is 0 Å². The van der Waals surface area contributed by atoms with Gasteiger partial charge in [0, 0.05) is 32.9 Å². The van der Waals surface area contributed by atoms with E-state index < -0.39 is 24.1 Å². The third-order valence-electron chi connectivity index (χ3n) is 4.17. The van der Waals surface area contributed by atoms with Gasteiger partial charge in [-0.3, -0.25) is 5.32 Å². The van der Waals surface area contributed by atoms with Gasteiger partial charge >= 0.3 is 12.1 Å². The molecule has 0 spiro atoms. The minimum atomic E-state index is -1.12. The number of ether oxygens (including phenoxy) is 3. The Bertz CT molecular complexity index is 960. The highest BCUT2D eigenvalue weighted by atomic mass is 127. The van der Waals surface area contributed by atoms with Crippen LogP contribution in [0.15, 0.2) is 48.6 Å². The first-order valence-electron chi connectivity index (χ1n) is 8.60. The van der Waals surface area contributed by atoms with Crippen molar-refractivity contribution < 1.29 is 34.0 Å². The molecule has 0 bridgehead atoms. The van der Waals surface area contributed by atoms with E-state index in [0.29, 0.717) is 22.7 Å². The molecule has 3 N–H and O–H groups in total. The lowest BCUT2D eigenvalue weighted by atomic mass is 9.96. The standard InChI is InChI=1S/C20H18INO7/c1-11(2-7-18(24)25)19(14-8-12(21)3-5-15(14)23)29-20(26)22-13-4-6-16-17(9-13)28-10-27-16/h2-9,11,19,23H,10H2,1H3,(H,22,26)(H,24,25)/b7-2+/t11-,19-/m0/s1. The van der Waals surface area contributed by atoms with Crippen LogP contribution in [0.5, 0.6) is 17.2 Å². The molecule has 2 atom stereocenters. The van der Waals surface area contributed by atoms with Crippen molar-refractivity contribution in [2.45, 2.75) is 13.0 Å². The quantitative estimate of drug-likeness (QED) is 0.392. The van der Waals surface area contributed by atoms with Gasteiger partial charge in [-0.25, -0.2) is 9.59 Å². The van der Waals surface area contributed by atoms with Gasteiger partial charge in [0.1, 0.15) is 11.9 Å². The summed E-state index contributed by atoms with van der Waals surface area (Å²) in [5, 5.41) is 21.7. The average molecular weight is 511 g/mol. The van der Waals surface area contributed by atoms with Gasteiger partial charge in [-0.15, -0.1) is 0 Å². The van der Waals surface area contributed by atoms with E-state index in [4.69, 9.17) is 19.3 Å². The Morgan fingerprint density at radius 3 is 2.72 bits per heavy atom. The molecular formula is C20H18INO7. The molecule has 2 aromatic rings. The van der Waals surface area contributed by atoms with Crippen molar-refractivity contribution in [3.8, 4) is 17.2 Å². The molecule has 2 aromatic carbocycles. The van der Waals surface area contributed by atoms with E-state index in [1.807, 2.05) is 0 Å². The molecule has 0 unspecified atom stereocenters. The number of carboxylic acid groups (broad SMARTS) is 1. The van der Waals surface area contributed by atoms with Crippen molar-refractivity contribution in [3.05, 3.63) is 57.7 Å². The highest BCUT2D eigenvalue weighted by Crippen LogP contribution is 2.36. The molecule has 0 aromatic heterocycles. The largest absolute Gasteiger partial charge is 0.508 e. The number of phenolic OH excluding ortho intramolecular Hbond substituents is 1. The van der Waals surface area contributed by atoms with E-state index in [1.165, 1.54) is 12.1 Å². The van der Waals surface area contributed by atoms with Gasteiger partial charge in [-0.2, -0.15) is 0 Å². The lowest BCUT2D eigenvalue weighted by Gasteiger charge is -2.23. The number of nitrogens with one attached hydrogen (secondary N) is 1. The summed E-state index contributed by atoms with van der Waals surface area (Å²) in [4.78, 5) is 23.4. The maximum Gasteiger partial charge on any atom is 0.412 e. The maximum atomic E-state index is 12.5. The fourth-order valence-corrected chi connectivity index (χ4v) is 3.29. The minimum absolute atomic E-state index is 0.0538.